The van der Waals surface area contributed by atoms with Gasteiger partial charge in [-0.05, 0) is 46.9 Å². The molecule has 0 saturated carbocycles. The molecule has 2 aromatic rings. The van der Waals surface area contributed by atoms with Gasteiger partial charge in [0.05, 0.1) is 12.5 Å². The number of hydrogen-bond donors (Lipinski definition) is 2. The largest absolute Gasteiger partial charge is 0.481 e. The van der Waals surface area contributed by atoms with Gasteiger partial charge in [-0.1, -0.05) is 12.1 Å². The van der Waals surface area contributed by atoms with Gasteiger partial charge in [0.15, 0.2) is 0 Å². The monoisotopic (exact) mass is 365 g/mol. The molecular formula is C17H16FNO3S2. The van der Waals surface area contributed by atoms with E-state index in [2.05, 4.69) is 5.32 Å². The van der Waals surface area contributed by atoms with Gasteiger partial charge in [0, 0.05) is 4.88 Å². The fourth-order valence-corrected chi connectivity index (χ4v) is 5.03. The highest BCUT2D eigenvalue weighted by molar-refractivity contribution is 8.00. The van der Waals surface area contributed by atoms with Crippen LogP contribution in [0.1, 0.15) is 33.7 Å². The SMILES string of the molecule is O=C(O)CC(NC(=O)C1SCCc2sccc21)c1ccc(F)cc1. The van der Waals surface area contributed by atoms with E-state index in [1.54, 1.807) is 23.1 Å². The van der Waals surface area contributed by atoms with Crippen LogP contribution < -0.4 is 5.32 Å². The van der Waals surface area contributed by atoms with Crippen molar-refractivity contribution in [3.05, 3.63) is 57.5 Å². The lowest BCUT2D eigenvalue weighted by Gasteiger charge is -2.25. The number of aryl methyl sites for hydroxylation is 1. The topological polar surface area (TPSA) is 66.4 Å². The molecule has 1 aliphatic rings. The molecule has 4 nitrogen and oxygen atoms in total. The summed E-state index contributed by atoms with van der Waals surface area (Å²) >= 11 is 3.21. The van der Waals surface area contributed by atoms with Gasteiger partial charge < -0.3 is 10.4 Å². The zero-order chi connectivity index (χ0) is 17.1. The second kappa shape index (κ2) is 7.36. The zero-order valence-electron chi connectivity index (χ0n) is 12.7. The summed E-state index contributed by atoms with van der Waals surface area (Å²) in [7, 11) is 0. The van der Waals surface area contributed by atoms with Gasteiger partial charge in [0.2, 0.25) is 5.91 Å². The normalized spacial score (nSPS) is 17.8. The summed E-state index contributed by atoms with van der Waals surface area (Å²) in [5, 5.41) is 13.6. The number of thioether (sulfide) groups is 1. The number of amides is 1. The van der Waals surface area contributed by atoms with Crippen molar-refractivity contribution in [2.24, 2.45) is 0 Å². The third-order valence-corrected chi connectivity index (χ3v) is 6.12. The van der Waals surface area contributed by atoms with E-state index < -0.39 is 17.8 Å². The third kappa shape index (κ3) is 3.79. The van der Waals surface area contributed by atoms with Crippen molar-refractivity contribution in [3.8, 4) is 0 Å². The lowest BCUT2D eigenvalue weighted by atomic mass is 10.0. The second-order valence-corrected chi connectivity index (χ2v) is 7.72. The molecule has 0 saturated heterocycles. The molecule has 2 atom stereocenters. The Kier molecular flexibility index (Phi) is 5.20. The predicted octanol–water partition coefficient (Wildman–Crippen LogP) is 3.55. The molecule has 0 aliphatic carbocycles. The molecule has 1 aliphatic heterocycles. The fraction of sp³-hybridized carbons (Fsp3) is 0.294. The maximum Gasteiger partial charge on any atom is 0.305 e. The summed E-state index contributed by atoms with van der Waals surface area (Å²) in [6.45, 7) is 0. The van der Waals surface area contributed by atoms with Crippen LogP contribution in [0.25, 0.3) is 0 Å². The molecule has 24 heavy (non-hydrogen) atoms. The first-order valence-corrected chi connectivity index (χ1v) is 9.43. The van der Waals surface area contributed by atoms with Crippen LogP contribution in [0.15, 0.2) is 35.7 Å². The Hall–Kier alpha value is -1.86. The molecule has 1 amide bonds. The number of halogens is 1. The van der Waals surface area contributed by atoms with Crippen LogP contribution in [0.3, 0.4) is 0 Å². The number of benzene rings is 1. The van der Waals surface area contributed by atoms with Gasteiger partial charge in [-0.25, -0.2) is 4.39 Å². The zero-order valence-corrected chi connectivity index (χ0v) is 14.3. The molecule has 2 heterocycles. The van der Waals surface area contributed by atoms with Crippen molar-refractivity contribution in [2.45, 2.75) is 24.1 Å². The number of carboxylic acids is 1. The summed E-state index contributed by atoms with van der Waals surface area (Å²) < 4.78 is 13.1. The van der Waals surface area contributed by atoms with E-state index in [-0.39, 0.29) is 17.6 Å². The smallest absolute Gasteiger partial charge is 0.305 e. The maximum atomic E-state index is 13.1. The van der Waals surface area contributed by atoms with E-state index in [0.29, 0.717) is 5.56 Å². The minimum atomic E-state index is -1.02. The van der Waals surface area contributed by atoms with Gasteiger partial charge in [-0.2, -0.15) is 0 Å². The van der Waals surface area contributed by atoms with Crippen LogP contribution in [0.4, 0.5) is 4.39 Å². The summed E-state index contributed by atoms with van der Waals surface area (Å²) in [6.07, 6.45) is 0.712. The maximum absolute atomic E-state index is 13.1. The molecule has 0 fully saturated rings. The number of thiophene rings is 1. The average Bonchev–Trinajstić information content (AvgIpc) is 3.03. The molecule has 2 unspecified atom stereocenters. The molecule has 7 heteroatoms. The first-order valence-electron chi connectivity index (χ1n) is 7.50. The van der Waals surface area contributed by atoms with Crippen LogP contribution in [0, 0.1) is 5.82 Å². The highest BCUT2D eigenvalue weighted by Crippen LogP contribution is 2.39. The van der Waals surface area contributed by atoms with E-state index in [1.807, 2.05) is 11.4 Å². The summed E-state index contributed by atoms with van der Waals surface area (Å²) in [4.78, 5) is 25.0. The molecule has 0 spiro atoms. The first kappa shape index (κ1) is 17.0. The summed E-state index contributed by atoms with van der Waals surface area (Å²) in [6, 6.07) is 6.83. The van der Waals surface area contributed by atoms with Crippen LogP contribution in [-0.4, -0.2) is 22.7 Å². The van der Waals surface area contributed by atoms with Gasteiger partial charge in [0.1, 0.15) is 11.1 Å². The van der Waals surface area contributed by atoms with Crippen molar-refractivity contribution in [2.75, 3.05) is 5.75 Å². The highest BCUT2D eigenvalue weighted by atomic mass is 32.2. The predicted molar refractivity (Wildman–Crippen MR) is 92.8 cm³/mol. The minimum absolute atomic E-state index is 0.199. The van der Waals surface area contributed by atoms with Crippen LogP contribution >= 0.6 is 23.1 Å². The Morgan fingerprint density at radius 2 is 2.04 bits per heavy atom. The Labute approximate surface area is 147 Å². The van der Waals surface area contributed by atoms with Gasteiger partial charge in [-0.3, -0.25) is 9.59 Å². The van der Waals surface area contributed by atoms with Crippen LogP contribution in [-0.2, 0) is 16.0 Å². The number of carboxylic acid groups (broad SMARTS) is 1. The third-order valence-electron chi connectivity index (χ3n) is 3.88. The molecule has 2 N–H and O–H groups in total. The molecular weight excluding hydrogens is 349 g/mol. The van der Waals surface area contributed by atoms with Crippen molar-refractivity contribution in [3.63, 3.8) is 0 Å². The quantitative estimate of drug-likeness (QED) is 0.850. The fourth-order valence-electron chi connectivity index (χ4n) is 2.73. The second-order valence-electron chi connectivity index (χ2n) is 5.51. The van der Waals surface area contributed by atoms with Crippen LogP contribution in [0.5, 0.6) is 0 Å². The lowest BCUT2D eigenvalue weighted by molar-refractivity contribution is -0.137. The summed E-state index contributed by atoms with van der Waals surface area (Å²) in [5.41, 5.74) is 1.60. The van der Waals surface area contributed by atoms with Gasteiger partial charge >= 0.3 is 5.97 Å². The average molecular weight is 365 g/mol. The number of nitrogens with one attached hydrogen (secondary N) is 1. The minimum Gasteiger partial charge on any atom is -0.481 e. The molecule has 0 radical (unpaired) electrons. The number of hydrogen-bond acceptors (Lipinski definition) is 4. The lowest BCUT2D eigenvalue weighted by Crippen LogP contribution is -2.34. The van der Waals surface area contributed by atoms with E-state index in [9.17, 15) is 14.0 Å². The molecule has 3 rings (SSSR count). The molecule has 1 aromatic carbocycles. The summed E-state index contributed by atoms with van der Waals surface area (Å²) in [5.74, 6) is -0.747. The van der Waals surface area contributed by atoms with Crippen molar-refractivity contribution in [1.29, 1.82) is 0 Å². The van der Waals surface area contributed by atoms with E-state index in [0.717, 1.165) is 17.7 Å². The number of carbonyl (C=O) groups excluding carboxylic acids is 1. The standard InChI is InChI=1S/C17H16FNO3S2/c18-11-3-1-10(2-4-11)13(9-15(20)21)19-17(22)16-12-5-7-23-14(12)6-8-24-16/h1-5,7,13,16H,6,8-9H2,(H,19,22)(H,20,21). The van der Waals surface area contributed by atoms with Crippen molar-refractivity contribution < 1.29 is 19.1 Å². The molecule has 126 valence electrons. The molecule has 1 aromatic heterocycles. The van der Waals surface area contributed by atoms with E-state index in [4.69, 9.17) is 5.11 Å². The van der Waals surface area contributed by atoms with E-state index >= 15 is 0 Å². The number of rotatable bonds is 5. The number of carbonyl (C=O) groups is 2. The Bertz CT molecular complexity index is 745. The highest BCUT2D eigenvalue weighted by Gasteiger charge is 2.30. The van der Waals surface area contributed by atoms with Crippen molar-refractivity contribution in [1.82, 2.24) is 5.32 Å². The molecule has 0 bridgehead atoms. The first-order chi connectivity index (χ1) is 11.5. The Morgan fingerprint density at radius 1 is 1.29 bits per heavy atom. The Balaban J connectivity index is 1.79. The number of aliphatic carboxylic acids is 1. The van der Waals surface area contributed by atoms with Gasteiger partial charge in [0.25, 0.3) is 0 Å². The number of fused-ring (bicyclic) bond motifs is 1. The Morgan fingerprint density at radius 3 is 2.75 bits per heavy atom. The van der Waals surface area contributed by atoms with Crippen LogP contribution in [0.2, 0.25) is 0 Å². The van der Waals surface area contributed by atoms with E-state index in [1.165, 1.54) is 29.1 Å². The van der Waals surface area contributed by atoms with Crippen molar-refractivity contribution >= 4 is 35.0 Å². The van der Waals surface area contributed by atoms with Gasteiger partial charge in [-0.15, -0.1) is 23.1 Å².